The zero-order valence-corrected chi connectivity index (χ0v) is 12.1. The maximum atomic E-state index is 10.6. The number of aliphatic hydroxyl groups is 1. The fourth-order valence-electron chi connectivity index (χ4n) is 2.94. The summed E-state index contributed by atoms with van der Waals surface area (Å²) in [6.45, 7) is 10.8. The molecule has 0 saturated heterocycles. The van der Waals surface area contributed by atoms with E-state index in [9.17, 15) is 5.11 Å². The normalized spacial score (nSPS) is 29.3. The van der Waals surface area contributed by atoms with Gasteiger partial charge < -0.3 is 10.4 Å². The summed E-state index contributed by atoms with van der Waals surface area (Å²) in [6.07, 6.45) is 5.94. The van der Waals surface area contributed by atoms with Crippen molar-refractivity contribution >= 4 is 0 Å². The first kappa shape index (κ1) is 15.0. The maximum Gasteiger partial charge on any atom is 0.0660 e. The number of nitrogens with one attached hydrogen (secondary N) is 1. The largest absolute Gasteiger partial charge is 0.390 e. The van der Waals surface area contributed by atoms with Crippen molar-refractivity contribution in [2.45, 2.75) is 65.4 Å². The van der Waals surface area contributed by atoms with Crippen LogP contribution in [0, 0.1) is 17.8 Å². The van der Waals surface area contributed by atoms with Gasteiger partial charge in [0.15, 0.2) is 0 Å². The van der Waals surface area contributed by atoms with E-state index in [0.29, 0.717) is 11.8 Å². The van der Waals surface area contributed by atoms with Gasteiger partial charge in [-0.2, -0.15) is 0 Å². The van der Waals surface area contributed by atoms with Gasteiger partial charge in [-0.15, -0.1) is 0 Å². The Morgan fingerprint density at radius 3 is 2.65 bits per heavy atom. The Morgan fingerprint density at radius 2 is 2.06 bits per heavy atom. The van der Waals surface area contributed by atoms with Crippen LogP contribution in [0.3, 0.4) is 0 Å². The molecule has 0 aliphatic heterocycles. The summed E-state index contributed by atoms with van der Waals surface area (Å²) in [6, 6.07) is 0. The van der Waals surface area contributed by atoms with Crippen LogP contribution in [-0.2, 0) is 0 Å². The summed E-state index contributed by atoms with van der Waals surface area (Å²) in [4.78, 5) is 0. The number of hydrogen-bond acceptors (Lipinski definition) is 2. The van der Waals surface area contributed by atoms with Gasteiger partial charge in [0.05, 0.1) is 5.60 Å². The van der Waals surface area contributed by atoms with Crippen LogP contribution < -0.4 is 5.32 Å². The van der Waals surface area contributed by atoms with Crippen LogP contribution >= 0.6 is 0 Å². The molecular weight excluding hydrogens is 210 g/mol. The van der Waals surface area contributed by atoms with Crippen molar-refractivity contribution in [3.63, 3.8) is 0 Å². The lowest BCUT2D eigenvalue weighted by molar-refractivity contribution is -0.0305. The zero-order chi connectivity index (χ0) is 12.9. The maximum absolute atomic E-state index is 10.6. The highest BCUT2D eigenvalue weighted by molar-refractivity contribution is 4.86. The Bertz CT molecular complexity index is 213. The van der Waals surface area contributed by atoms with Gasteiger partial charge in [-0.25, -0.2) is 0 Å². The second-order valence-electron chi connectivity index (χ2n) is 6.67. The average molecular weight is 241 g/mol. The molecule has 1 fully saturated rings. The first-order valence-electron chi connectivity index (χ1n) is 7.35. The molecule has 0 aromatic heterocycles. The second kappa shape index (κ2) is 6.75. The molecule has 0 aromatic carbocycles. The average Bonchev–Trinajstić information content (AvgIpc) is 2.24. The second-order valence-corrected chi connectivity index (χ2v) is 6.67. The first-order valence-corrected chi connectivity index (χ1v) is 7.35. The van der Waals surface area contributed by atoms with E-state index in [4.69, 9.17) is 0 Å². The zero-order valence-electron chi connectivity index (χ0n) is 12.1. The van der Waals surface area contributed by atoms with E-state index in [2.05, 4.69) is 26.1 Å². The van der Waals surface area contributed by atoms with Gasteiger partial charge >= 0.3 is 0 Å². The van der Waals surface area contributed by atoms with Crippen molar-refractivity contribution in [1.82, 2.24) is 5.32 Å². The van der Waals surface area contributed by atoms with E-state index in [0.717, 1.165) is 25.4 Å². The Morgan fingerprint density at radius 1 is 1.35 bits per heavy atom. The van der Waals surface area contributed by atoms with Crippen molar-refractivity contribution in [3.8, 4) is 0 Å². The molecule has 1 aliphatic carbocycles. The van der Waals surface area contributed by atoms with Crippen LogP contribution in [-0.4, -0.2) is 23.8 Å². The molecule has 3 unspecified atom stereocenters. The van der Waals surface area contributed by atoms with Crippen LogP contribution in [0.15, 0.2) is 0 Å². The number of rotatable bonds is 6. The minimum atomic E-state index is -0.474. The molecule has 2 nitrogen and oxygen atoms in total. The van der Waals surface area contributed by atoms with Gasteiger partial charge in [-0.1, -0.05) is 33.6 Å². The molecule has 17 heavy (non-hydrogen) atoms. The summed E-state index contributed by atoms with van der Waals surface area (Å²) < 4.78 is 0. The Labute approximate surface area is 107 Å². The Kier molecular flexibility index (Phi) is 5.94. The lowest BCUT2D eigenvalue weighted by Gasteiger charge is -2.38. The third-order valence-electron chi connectivity index (χ3n) is 4.18. The van der Waals surface area contributed by atoms with E-state index < -0.39 is 5.60 Å². The standard InChI is InChI=1S/C15H31NO/c1-12(2)11-16-9-8-15(4,17)14-7-5-6-13(3)10-14/h12-14,16-17H,5-11H2,1-4H3. The van der Waals surface area contributed by atoms with E-state index in [1.807, 2.05) is 6.92 Å². The predicted octanol–water partition coefficient (Wildman–Crippen LogP) is 3.20. The molecule has 2 heteroatoms. The molecule has 102 valence electrons. The van der Waals surface area contributed by atoms with Crippen molar-refractivity contribution in [2.75, 3.05) is 13.1 Å². The van der Waals surface area contributed by atoms with Gasteiger partial charge in [0.1, 0.15) is 0 Å². The van der Waals surface area contributed by atoms with Crippen LogP contribution in [0.1, 0.15) is 59.8 Å². The Hall–Kier alpha value is -0.0800. The van der Waals surface area contributed by atoms with Gasteiger partial charge in [-0.05, 0) is 57.0 Å². The van der Waals surface area contributed by atoms with E-state index in [-0.39, 0.29) is 0 Å². The third-order valence-corrected chi connectivity index (χ3v) is 4.18. The highest BCUT2D eigenvalue weighted by atomic mass is 16.3. The smallest absolute Gasteiger partial charge is 0.0660 e. The topological polar surface area (TPSA) is 32.3 Å². The van der Waals surface area contributed by atoms with Crippen LogP contribution in [0.5, 0.6) is 0 Å². The molecule has 0 radical (unpaired) electrons. The fourth-order valence-corrected chi connectivity index (χ4v) is 2.94. The monoisotopic (exact) mass is 241 g/mol. The summed E-state index contributed by atoms with van der Waals surface area (Å²) in [7, 11) is 0. The summed E-state index contributed by atoms with van der Waals surface area (Å²) in [5.41, 5.74) is -0.474. The van der Waals surface area contributed by atoms with Crippen molar-refractivity contribution < 1.29 is 5.11 Å². The molecular formula is C15H31NO. The molecule has 1 aliphatic rings. The predicted molar refractivity (Wildman–Crippen MR) is 74.1 cm³/mol. The van der Waals surface area contributed by atoms with E-state index >= 15 is 0 Å². The van der Waals surface area contributed by atoms with Crippen molar-refractivity contribution in [2.24, 2.45) is 17.8 Å². The summed E-state index contributed by atoms with van der Waals surface area (Å²) in [5, 5.41) is 14.0. The van der Waals surface area contributed by atoms with Gasteiger partial charge in [-0.3, -0.25) is 0 Å². The van der Waals surface area contributed by atoms with Gasteiger partial charge in [0.2, 0.25) is 0 Å². The highest BCUT2D eigenvalue weighted by Crippen LogP contribution is 2.36. The molecule has 3 atom stereocenters. The molecule has 2 N–H and O–H groups in total. The summed E-state index contributed by atoms with van der Waals surface area (Å²) >= 11 is 0. The lowest BCUT2D eigenvalue weighted by Crippen LogP contribution is -2.40. The van der Waals surface area contributed by atoms with Crippen molar-refractivity contribution in [3.05, 3.63) is 0 Å². The quantitative estimate of drug-likeness (QED) is 0.700. The summed E-state index contributed by atoms with van der Waals surface area (Å²) in [5.74, 6) is 1.99. The lowest BCUT2D eigenvalue weighted by atomic mass is 9.73. The van der Waals surface area contributed by atoms with Gasteiger partial charge in [0.25, 0.3) is 0 Å². The Balaban J connectivity index is 2.28. The molecule has 0 heterocycles. The van der Waals surface area contributed by atoms with E-state index in [1.54, 1.807) is 0 Å². The van der Waals surface area contributed by atoms with Crippen LogP contribution in [0.2, 0.25) is 0 Å². The molecule has 0 bridgehead atoms. The van der Waals surface area contributed by atoms with Crippen molar-refractivity contribution in [1.29, 1.82) is 0 Å². The SMILES string of the molecule is CC(C)CNCCC(C)(O)C1CCCC(C)C1. The third kappa shape index (κ3) is 5.39. The van der Waals surface area contributed by atoms with Gasteiger partial charge in [0, 0.05) is 0 Å². The van der Waals surface area contributed by atoms with E-state index in [1.165, 1.54) is 25.7 Å². The minimum Gasteiger partial charge on any atom is -0.390 e. The molecule has 0 spiro atoms. The first-order chi connectivity index (χ1) is 7.92. The van der Waals surface area contributed by atoms with Crippen LogP contribution in [0.25, 0.3) is 0 Å². The molecule has 1 rings (SSSR count). The van der Waals surface area contributed by atoms with Crippen LogP contribution in [0.4, 0.5) is 0 Å². The highest BCUT2D eigenvalue weighted by Gasteiger charge is 2.34. The fraction of sp³-hybridized carbons (Fsp3) is 1.00. The molecule has 0 amide bonds. The minimum absolute atomic E-state index is 0.474. The molecule has 1 saturated carbocycles. The molecule has 0 aromatic rings. The number of hydrogen-bond donors (Lipinski definition) is 2.